The summed E-state index contributed by atoms with van der Waals surface area (Å²) < 4.78 is 34.8. The number of sulfone groups is 1. The van der Waals surface area contributed by atoms with Crippen molar-refractivity contribution in [2.24, 2.45) is 0 Å². The molecule has 1 atom stereocenters. The summed E-state index contributed by atoms with van der Waals surface area (Å²) in [7, 11) is -4.17. The minimum atomic E-state index is -3.31. The average molecular weight is 324 g/mol. The lowest BCUT2D eigenvalue weighted by atomic mass is 10.3. The number of fused-ring (bicyclic) bond motifs is 1. The van der Waals surface area contributed by atoms with Crippen molar-refractivity contribution in [3.8, 4) is 0 Å². The molecule has 0 amide bonds. The van der Waals surface area contributed by atoms with Crippen molar-refractivity contribution in [1.82, 2.24) is 9.97 Å². The van der Waals surface area contributed by atoms with Crippen molar-refractivity contribution >= 4 is 38.1 Å². The molecular formula is C10H14ClN3O3S2. The van der Waals surface area contributed by atoms with Crippen LogP contribution in [-0.4, -0.2) is 46.9 Å². The maximum Gasteiger partial charge on any atom is 0.224 e. The zero-order chi connectivity index (χ0) is 14.0. The van der Waals surface area contributed by atoms with Gasteiger partial charge in [0.2, 0.25) is 5.28 Å². The quantitative estimate of drug-likeness (QED) is 0.632. The molecule has 1 aromatic heterocycles. The van der Waals surface area contributed by atoms with Gasteiger partial charge in [-0.05, 0) is 18.0 Å². The third-order valence-electron chi connectivity index (χ3n) is 2.73. The molecule has 1 unspecified atom stereocenters. The fraction of sp³-hybridized carbons (Fsp3) is 0.600. The van der Waals surface area contributed by atoms with Crippen molar-refractivity contribution in [3.63, 3.8) is 0 Å². The van der Waals surface area contributed by atoms with Crippen LogP contribution in [0.25, 0.3) is 0 Å². The van der Waals surface area contributed by atoms with E-state index >= 15 is 0 Å². The lowest BCUT2D eigenvalue weighted by Crippen LogP contribution is -2.12. The van der Waals surface area contributed by atoms with Gasteiger partial charge in [-0.1, -0.05) is 0 Å². The summed E-state index contributed by atoms with van der Waals surface area (Å²) in [6.45, 7) is 0.495. The Kier molecular flexibility index (Phi) is 4.42. The van der Waals surface area contributed by atoms with E-state index < -0.39 is 20.6 Å². The monoisotopic (exact) mass is 323 g/mol. The van der Waals surface area contributed by atoms with Crippen LogP contribution in [0.1, 0.15) is 12.1 Å². The third kappa shape index (κ3) is 3.43. The Morgan fingerprint density at radius 2 is 2.16 bits per heavy atom. The molecule has 1 N–H and O–H groups in total. The van der Waals surface area contributed by atoms with Crippen LogP contribution in [0, 0.1) is 0 Å². The van der Waals surface area contributed by atoms with E-state index in [0.717, 1.165) is 0 Å². The average Bonchev–Trinajstić information content (AvgIpc) is 2.60. The van der Waals surface area contributed by atoms with E-state index in [0.29, 0.717) is 30.8 Å². The second-order valence-electron chi connectivity index (χ2n) is 4.24. The molecule has 2 heterocycles. The number of anilines is 1. The summed E-state index contributed by atoms with van der Waals surface area (Å²) in [4.78, 5) is 8.06. The number of halogens is 1. The van der Waals surface area contributed by atoms with Crippen LogP contribution < -0.4 is 5.32 Å². The van der Waals surface area contributed by atoms with Crippen molar-refractivity contribution in [2.75, 3.05) is 29.6 Å². The summed E-state index contributed by atoms with van der Waals surface area (Å²) in [5.74, 6) is 0.862. The van der Waals surface area contributed by atoms with Crippen molar-refractivity contribution < 1.29 is 12.6 Å². The fourth-order valence-electron chi connectivity index (χ4n) is 1.90. The Balaban J connectivity index is 2.19. The molecule has 9 heteroatoms. The summed E-state index contributed by atoms with van der Waals surface area (Å²) >= 11 is 5.78. The molecule has 1 aliphatic heterocycles. The van der Waals surface area contributed by atoms with Gasteiger partial charge in [-0.15, -0.1) is 0 Å². The predicted molar refractivity (Wildman–Crippen MR) is 74.8 cm³/mol. The van der Waals surface area contributed by atoms with Crippen molar-refractivity contribution in [1.29, 1.82) is 0 Å². The molecule has 0 saturated heterocycles. The first kappa shape index (κ1) is 14.7. The smallest absolute Gasteiger partial charge is 0.224 e. The van der Waals surface area contributed by atoms with Gasteiger partial charge in [-0.2, -0.15) is 4.98 Å². The SMILES string of the molecule is CS(=O)CCCNc1nc(Cl)nc2c1S(=O)(=O)CC2. The zero-order valence-electron chi connectivity index (χ0n) is 10.3. The molecular weight excluding hydrogens is 310 g/mol. The number of aromatic nitrogens is 2. The number of hydrogen-bond acceptors (Lipinski definition) is 6. The molecule has 0 spiro atoms. The van der Waals surface area contributed by atoms with Crippen LogP contribution in [0.4, 0.5) is 5.82 Å². The molecule has 0 aromatic carbocycles. The molecule has 106 valence electrons. The fourth-order valence-corrected chi connectivity index (χ4v) is 4.22. The van der Waals surface area contributed by atoms with E-state index in [1.165, 1.54) is 0 Å². The van der Waals surface area contributed by atoms with E-state index in [-0.39, 0.29) is 21.7 Å². The van der Waals surface area contributed by atoms with Gasteiger partial charge in [-0.25, -0.2) is 13.4 Å². The summed E-state index contributed by atoms with van der Waals surface area (Å²) in [6, 6.07) is 0. The predicted octanol–water partition coefficient (Wildman–Crippen LogP) is 0.640. The largest absolute Gasteiger partial charge is 0.369 e. The molecule has 2 rings (SSSR count). The summed E-state index contributed by atoms with van der Waals surface area (Å²) in [5, 5.41) is 2.99. The molecule has 0 radical (unpaired) electrons. The van der Waals surface area contributed by atoms with Crippen LogP contribution >= 0.6 is 11.6 Å². The first-order valence-electron chi connectivity index (χ1n) is 5.73. The number of rotatable bonds is 5. The highest BCUT2D eigenvalue weighted by Crippen LogP contribution is 2.31. The van der Waals surface area contributed by atoms with Gasteiger partial charge in [0, 0.05) is 35.8 Å². The minimum absolute atomic E-state index is 0.0393. The Labute approximate surface area is 119 Å². The van der Waals surface area contributed by atoms with E-state index in [2.05, 4.69) is 15.3 Å². The lowest BCUT2D eigenvalue weighted by Gasteiger charge is -2.09. The first-order chi connectivity index (χ1) is 8.90. The maximum absolute atomic E-state index is 11.9. The second-order valence-corrected chi connectivity index (χ2v) is 8.18. The minimum Gasteiger partial charge on any atom is -0.369 e. The third-order valence-corrected chi connectivity index (χ3v) is 5.55. The first-order valence-corrected chi connectivity index (χ1v) is 9.49. The Morgan fingerprint density at radius 1 is 1.42 bits per heavy atom. The van der Waals surface area contributed by atoms with Crippen LogP contribution in [0.3, 0.4) is 0 Å². The Bertz CT molecular complexity index is 619. The highest BCUT2D eigenvalue weighted by atomic mass is 35.5. The van der Waals surface area contributed by atoms with Gasteiger partial charge < -0.3 is 5.32 Å². The van der Waals surface area contributed by atoms with Gasteiger partial charge >= 0.3 is 0 Å². The van der Waals surface area contributed by atoms with Crippen LogP contribution in [-0.2, 0) is 27.1 Å². The number of nitrogens with one attached hydrogen (secondary N) is 1. The highest BCUT2D eigenvalue weighted by Gasteiger charge is 2.32. The van der Waals surface area contributed by atoms with E-state index in [9.17, 15) is 12.6 Å². The summed E-state index contributed by atoms with van der Waals surface area (Å²) in [5.41, 5.74) is 0.474. The van der Waals surface area contributed by atoms with Crippen LogP contribution in [0.5, 0.6) is 0 Å². The number of hydrogen-bond donors (Lipinski definition) is 1. The molecule has 1 aromatic rings. The maximum atomic E-state index is 11.9. The van der Waals surface area contributed by atoms with Crippen molar-refractivity contribution in [2.45, 2.75) is 17.7 Å². The van der Waals surface area contributed by atoms with Gasteiger partial charge in [0.25, 0.3) is 0 Å². The van der Waals surface area contributed by atoms with Gasteiger partial charge in [0.05, 0.1) is 11.4 Å². The van der Waals surface area contributed by atoms with Crippen LogP contribution in [0.2, 0.25) is 5.28 Å². The molecule has 0 bridgehead atoms. The molecule has 1 aliphatic rings. The molecule has 19 heavy (non-hydrogen) atoms. The van der Waals surface area contributed by atoms with Gasteiger partial charge in [-0.3, -0.25) is 4.21 Å². The standard InChI is InChI=1S/C10H14ClN3O3S2/c1-18(15)5-2-4-12-9-8-7(13-10(11)14-9)3-6-19(8,16)17/h2-6H2,1H3,(H,12,13,14). The summed E-state index contributed by atoms with van der Waals surface area (Å²) in [6.07, 6.45) is 2.66. The molecule has 0 aliphatic carbocycles. The number of nitrogens with zero attached hydrogens (tertiary/aromatic N) is 2. The molecule has 0 fully saturated rings. The van der Waals surface area contributed by atoms with Crippen LogP contribution in [0.15, 0.2) is 4.90 Å². The molecule has 0 saturated carbocycles. The molecule has 6 nitrogen and oxygen atoms in total. The topological polar surface area (TPSA) is 89.0 Å². The Hall–Kier alpha value is -0.730. The number of aryl methyl sites for hydroxylation is 1. The second kappa shape index (κ2) is 5.72. The van der Waals surface area contributed by atoms with E-state index in [1.54, 1.807) is 6.26 Å². The normalized spacial score (nSPS) is 18.0. The highest BCUT2D eigenvalue weighted by molar-refractivity contribution is 7.91. The zero-order valence-corrected chi connectivity index (χ0v) is 12.7. The van der Waals surface area contributed by atoms with Crippen molar-refractivity contribution in [3.05, 3.63) is 11.0 Å². The van der Waals surface area contributed by atoms with E-state index in [1.807, 2.05) is 0 Å². The lowest BCUT2D eigenvalue weighted by molar-refractivity contribution is 0.599. The van der Waals surface area contributed by atoms with Gasteiger partial charge in [0.1, 0.15) is 10.7 Å². The van der Waals surface area contributed by atoms with Gasteiger partial charge in [0.15, 0.2) is 9.84 Å². The Morgan fingerprint density at radius 3 is 2.84 bits per heavy atom. The van der Waals surface area contributed by atoms with E-state index in [4.69, 9.17) is 11.6 Å².